The first kappa shape index (κ1) is 9.26. The zero-order chi connectivity index (χ0) is 9.42. The lowest BCUT2D eigenvalue weighted by Crippen LogP contribution is -2.25. The maximum Gasteiger partial charge on any atom is 0.0646 e. The summed E-state index contributed by atoms with van der Waals surface area (Å²) in [5.74, 6) is 1.69. The minimum atomic E-state index is 0.391. The van der Waals surface area contributed by atoms with Gasteiger partial charge in [0.2, 0.25) is 0 Å². The summed E-state index contributed by atoms with van der Waals surface area (Å²) in [7, 11) is 0. The van der Waals surface area contributed by atoms with E-state index in [2.05, 4.69) is 26.8 Å². The van der Waals surface area contributed by atoms with Gasteiger partial charge in [-0.3, -0.25) is 0 Å². The van der Waals surface area contributed by atoms with E-state index in [-0.39, 0.29) is 0 Å². The molecule has 2 fully saturated rings. The van der Waals surface area contributed by atoms with Crippen molar-refractivity contribution in [1.82, 2.24) is 0 Å². The Labute approximate surface area is 81.2 Å². The molecule has 2 aliphatic carbocycles. The number of ether oxygens (including phenoxy) is 1. The molecule has 0 aromatic carbocycles. The Hall–Kier alpha value is -0.300. The van der Waals surface area contributed by atoms with Crippen molar-refractivity contribution < 1.29 is 4.74 Å². The maximum absolute atomic E-state index is 5.94. The van der Waals surface area contributed by atoms with Crippen molar-refractivity contribution in [1.29, 1.82) is 0 Å². The minimum absolute atomic E-state index is 0.391. The molecule has 0 heterocycles. The Morgan fingerprint density at radius 3 is 2.69 bits per heavy atom. The summed E-state index contributed by atoms with van der Waals surface area (Å²) in [6.07, 6.45) is 7.27. The van der Waals surface area contributed by atoms with E-state index in [9.17, 15) is 0 Å². The summed E-state index contributed by atoms with van der Waals surface area (Å²) in [5.41, 5.74) is 1.65. The molecule has 0 aromatic heterocycles. The van der Waals surface area contributed by atoms with Crippen LogP contribution in [-0.2, 0) is 4.74 Å². The van der Waals surface area contributed by atoms with E-state index in [0.717, 1.165) is 11.8 Å². The second-order valence-electron chi connectivity index (χ2n) is 4.73. The van der Waals surface area contributed by atoms with E-state index < -0.39 is 0 Å². The molecule has 74 valence electrons. The van der Waals surface area contributed by atoms with Crippen LogP contribution in [0.1, 0.15) is 40.0 Å². The summed E-state index contributed by atoms with van der Waals surface area (Å²) in [5, 5.41) is 0. The van der Waals surface area contributed by atoms with Gasteiger partial charge in [0.15, 0.2) is 0 Å². The molecule has 0 aliphatic heterocycles. The quantitative estimate of drug-likeness (QED) is 0.593. The molecule has 0 aromatic rings. The smallest absolute Gasteiger partial charge is 0.0646 e. The SMILES string of the molecule is C/C=C1/CC2CC(OC(C)C)C1C2. The summed E-state index contributed by atoms with van der Waals surface area (Å²) in [6, 6.07) is 0. The monoisotopic (exact) mass is 180 g/mol. The molecule has 0 spiro atoms. The highest BCUT2D eigenvalue weighted by Gasteiger charge is 2.43. The molecule has 0 amide bonds. The molecule has 1 nitrogen and oxygen atoms in total. The van der Waals surface area contributed by atoms with Crippen LogP contribution in [0.3, 0.4) is 0 Å². The highest BCUT2D eigenvalue weighted by molar-refractivity contribution is 5.18. The van der Waals surface area contributed by atoms with Gasteiger partial charge in [-0.15, -0.1) is 0 Å². The third-order valence-electron chi connectivity index (χ3n) is 3.42. The van der Waals surface area contributed by atoms with Crippen LogP contribution in [0.2, 0.25) is 0 Å². The zero-order valence-corrected chi connectivity index (χ0v) is 8.92. The van der Waals surface area contributed by atoms with E-state index in [1.165, 1.54) is 19.3 Å². The second kappa shape index (κ2) is 3.45. The van der Waals surface area contributed by atoms with Gasteiger partial charge < -0.3 is 4.74 Å². The van der Waals surface area contributed by atoms with Gasteiger partial charge in [-0.05, 0) is 46.0 Å². The molecule has 1 heteroatoms. The minimum Gasteiger partial charge on any atom is -0.375 e. The third-order valence-corrected chi connectivity index (χ3v) is 3.42. The molecule has 0 radical (unpaired) electrons. The average molecular weight is 180 g/mol. The highest BCUT2D eigenvalue weighted by atomic mass is 16.5. The van der Waals surface area contributed by atoms with Crippen LogP contribution >= 0.6 is 0 Å². The van der Waals surface area contributed by atoms with Crippen LogP contribution < -0.4 is 0 Å². The molecule has 2 aliphatic rings. The topological polar surface area (TPSA) is 9.23 Å². The Kier molecular flexibility index (Phi) is 2.46. The number of rotatable bonds is 2. The molecular formula is C12H20O. The summed E-state index contributed by atoms with van der Waals surface area (Å²) in [6.45, 7) is 6.45. The van der Waals surface area contributed by atoms with Crippen LogP contribution in [0.4, 0.5) is 0 Å². The number of fused-ring (bicyclic) bond motifs is 2. The Bertz CT molecular complexity index is 217. The van der Waals surface area contributed by atoms with Gasteiger partial charge in [0.25, 0.3) is 0 Å². The second-order valence-corrected chi connectivity index (χ2v) is 4.73. The van der Waals surface area contributed by atoms with Gasteiger partial charge in [-0.2, -0.15) is 0 Å². The number of allylic oxidation sites excluding steroid dienone is 1. The fourth-order valence-electron chi connectivity index (χ4n) is 2.97. The van der Waals surface area contributed by atoms with Gasteiger partial charge in [0.05, 0.1) is 12.2 Å². The average Bonchev–Trinajstić information content (AvgIpc) is 2.60. The van der Waals surface area contributed by atoms with Crippen molar-refractivity contribution in [2.24, 2.45) is 11.8 Å². The predicted molar refractivity (Wildman–Crippen MR) is 54.6 cm³/mol. The van der Waals surface area contributed by atoms with Crippen molar-refractivity contribution in [2.75, 3.05) is 0 Å². The van der Waals surface area contributed by atoms with Crippen molar-refractivity contribution >= 4 is 0 Å². The van der Waals surface area contributed by atoms with Crippen LogP contribution in [0.5, 0.6) is 0 Å². The summed E-state index contributed by atoms with van der Waals surface area (Å²) < 4.78 is 5.94. The van der Waals surface area contributed by atoms with Crippen molar-refractivity contribution in [3.63, 3.8) is 0 Å². The normalized spacial score (nSPS) is 40.9. The van der Waals surface area contributed by atoms with Gasteiger partial charge in [0.1, 0.15) is 0 Å². The van der Waals surface area contributed by atoms with E-state index in [1.807, 2.05) is 0 Å². The van der Waals surface area contributed by atoms with Gasteiger partial charge >= 0.3 is 0 Å². The molecule has 2 rings (SSSR count). The Morgan fingerprint density at radius 2 is 2.15 bits per heavy atom. The fourth-order valence-corrected chi connectivity index (χ4v) is 2.97. The fraction of sp³-hybridized carbons (Fsp3) is 0.833. The molecule has 13 heavy (non-hydrogen) atoms. The molecule has 2 saturated carbocycles. The van der Waals surface area contributed by atoms with Gasteiger partial charge in [0, 0.05) is 5.92 Å². The van der Waals surface area contributed by atoms with E-state index in [4.69, 9.17) is 4.74 Å². The molecular weight excluding hydrogens is 160 g/mol. The Balaban J connectivity index is 2.02. The van der Waals surface area contributed by atoms with Gasteiger partial charge in [-0.1, -0.05) is 11.6 Å². The first-order valence-corrected chi connectivity index (χ1v) is 5.51. The third kappa shape index (κ3) is 1.67. The van der Waals surface area contributed by atoms with E-state index in [1.54, 1.807) is 5.57 Å². The molecule has 0 N–H and O–H groups in total. The predicted octanol–water partition coefficient (Wildman–Crippen LogP) is 3.16. The highest BCUT2D eigenvalue weighted by Crippen LogP contribution is 2.49. The molecule has 0 saturated heterocycles. The van der Waals surface area contributed by atoms with E-state index in [0.29, 0.717) is 12.2 Å². The van der Waals surface area contributed by atoms with Crippen LogP contribution in [-0.4, -0.2) is 12.2 Å². The first-order valence-electron chi connectivity index (χ1n) is 5.51. The van der Waals surface area contributed by atoms with Crippen LogP contribution in [0.25, 0.3) is 0 Å². The standard InChI is InChI=1S/C12H20O/c1-4-10-5-9-6-11(10)12(7-9)13-8(2)3/h4,8-9,11-12H,5-7H2,1-3H3/b10-4-. The lowest BCUT2D eigenvalue weighted by Gasteiger charge is -2.26. The lowest BCUT2D eigenvalue weighted by molar-refractivity contribution is -0.0116. The number of hydrogen-bond donors (Lipinski definition) is 0. The zero-order valence-electron chi connectivity index (χ0n) is 8.92. The van der Waals surface area contributed by atoms with Crippen molar-refractivity contribution in [3.05, 3.63) is 11.6 Å². The maximum atomic E-state index is 5.94. The number of hydrogen-bond acceptors (Lipinski definition) is 1. The molecule has 3 unspecified atom stereocenters. The van der Waals surface area contributed by atoms with E-state index >= 15 is 0 Å². The lowest BCUT2D eigenvalue weighted by atomic mass is 9.92. The summed E-state index contributed by atoms with van der Waals surface area (Å²) in [4.78, 5) is 0. The first-order chi connectivity index (χ1) is 6.20. The molecule has 2 bridgehead atoms. The Morgan fingerprint density at radius 1 is 1.38 bits per heavy atom. The van der Waals surface area contributed by atoms with Crippen molar-refractivity contribution in [2.45, 2.75) is 52.2 Å². The molecule has 3 atom stereocenters. The van der Waals surface area contributed by atoms with Crippen molar-refractivity contribution in [3.8, 4) is 0 Å². The van der Waals surface area contributed by atoms with Crippen LogP contribution in [0.15, 0.2) is 11.6 Å². The van der Waals surface area contributed by atoms with Crippen LogP contribution in [0, 0.1) is 11.8 Å². The summed E-state index contributed by atoms with van der Waals surface area (Å²) >= 11 is 0. The largest absolute Gasteiger partial charge is 0.375 e. The van der Waals surface area contributed by atoms with Gasteiger partial charge in [-0.25, -0.2) is 0 Å².